The van der Waals surface area contributed by atoms with Crippen molar-refractivity contribution in [3.8, 4) is 0 Å². The predicted molar refractivity (Wildman–Crippen MR) is 75.8 cm³/mol. The summed E-state index contributed by atoms with van der Waals surface area (Å²) in [6.45, 7) is 4.71. The highest BCUT2D eigenvalue weighted by Crippen LogP contribution is 2.22. The maximum atomic E-state index is 11.8. The molecule has 2 fully saturated rings. The number of nitrogens with one attached hydrogen (secondary N) is 1. The molecule has 2 aliphatic heterocycles. The van der Waals surface area contributed by atoms with Gasteiger partial charge in [-0.05, 0) is 19.1 Å². The molecule has 3 heterocycles. The number of morpholine rings is 1. The number of carbonyl (C=O) groups excluding carboxylic acids is 1. The molecule has 21 heavy (non-hydrogen) atoms. The van der Waals surface area contributed by atoms with E-state index >= 15 is 0 Å². The summed E-state index contributed by atoms with van der Waals surface area (Å²) in [7, 11) is 0. The molecule has 0 radical (unpaired) electrons. The zero-order valence-corrected chi connectivity index (χ0v) is 12.1. The van der Waals surface area contributed by atoms with Crippen LogP contribution in [0, 0.1) is 0 Å². The molecule has 114 valence electrons. The zero-order chi connectivity index (χ0) is 14.7. The molecule has 3 rings (SSSR count). The third-order valence-corrected chi connectivity index (χ3v) is 3.84. The van der Waals surface area contributed by atoms with Crippen molar-refractivity contribution in [1.29, 1.82) is 0 Å². The molecule has 1 aromatic rings. The Kier molecular flexibility index (Phi) is 4.31. The standard InChI is InChI=1S/C14H20N4O3/c1-10-7-12(14(19)21-10)18-5-6-20-11(9-18)8-15-13-3-2-4-16-17-13/h2-4,10-12H,5-9H2,1H3,(H,15,17)/t10-,11-,12+/m1/s1. The van der Waals surface area contributed by atoms with Gasteiger partial charge in [-0.3, -0.25) is 9.69 Å². The average molecular weight is 292 g/mol. The van der Waals surface area contributed by atoms with Gasteiger partial charge in [0.2, 0.25) is 0 Å². The molecule has 1 aromatic heterocycles. The molecular weight excluding hydrogens is 272 g/mol. The number of nitrogens with zero attached hydrogens (tertiary/aromatic N) is 3. The van der Waals surface area contributed by atoms with Gasteiger partial charge in [0.1, 0.15) is 18.0 Å². The molecule has 0 amide bonds. The number of carbonyl (C=O) groups is 1. The Morgan fingerprint density at radius 3 is 3.14 bits per heavy atom. The van der Waals surface area contributed by atoms with Crippen LogP contribution in [-0.4, -0.2) is 65.6 Å². The minimum Gasteiger partial charge on any atom is -0.461 e. The first-order chi connectivity index (χ1) is 10.2. The number of rotatable bonds is 4. The minimum atomic E-state index is -0.122. The van der Waals surface area contributed by atoms with Crippen molar-refractivity contribution in [2.45, 2.75) is 31.6 Å². The molecule has 0 aliphatic carbocycles. The van der Waals surface area contributed by atoms with Crippen LogP contribution >= 0.6 is 0 Å². The van der Waals surface area contributed by atoms with Gasteiger partial charge in [0.05, 0.1) is 12.7 Å². The van der Waals surface area contributed by atoms with Gasteiger partial charge in [0.25, 0.3) is 0 Å². The first kappa shape index (κ1) is 14.2. The zero-order valence-electron chi connectivity index (χ0n) is 12.1. The van der Waals surface area contributed by atoms with Crippen molar-refractivity contribution in [3.05, 3.63) is 18.3 Å². The van der Waals surface area contributed by atoms with E-state index in [9.17, 15) is 4.79 Å². The Morgan fingerprint density at radius 2 is 2.43 bits per heavy atom. The monoisotopic (exact) mass is 292 g/mol. The Hall–Kier alpha value is -1.73. The Labute approximate surface area is 123 Å². The molecule has 0 spiro atoms. The van der Waals surface area contributed by atoms with E-state index in [0.29, 0.717) is 13.2 Å². The van der Waals surface area contributed by atoms with Gasteiger partial charge in [0.15, 0.2) is 0 Å². The third kappa shape index (κ3) is 3.48. The van der Waals surface area contributed by atoms with Crippen LogP contribution in [0.2, 0.25) is 0 Å². The molecule has 1 N–H and O–H groups in total. The van der Waals surface area contributed by atoms with Crippen molar-refractivity contribution >= 4 is 11.8 Å². The van der Waals surface area contributed by atoms with E-state index in [2.05, 4.69) is 20.4 Å². The summed E-state index contributed by atoms with van der Waals surface area (Å²) in [5.41, 5.74) is 0. The third-order valence-electron chi connectivity index (χ3n) is 3.84. The lowest BCUT2D eigenvalue weighted by Gasteiger charge is -2.35. The Bertz CT molecular complexity index is 484. The second-order valence-corrected chi connectivity index (χ2v) is 5.48. The number of esters is 1. The summed E-state index contributed by atoms with van der Waals surface area (Å²) >= 11 is 0. The summed E-state index contributed by atoms with van der Waals surface area (Å²) in [6, 6.07) is 3.58. The van der Waals surface area contributed by atoms with Crippen LogP contribution < -0.4 is 5.32 Å². The quantitative estimate of drug-likeness (QED) is 0.799. The molecule has 0 unspecified atom stereocenters. The molecule has 3 atom stereocenters. The lowest BCUT2D eigenvalue weighted by molar-refractivity contribution is -0.146. The van der Waals surface area contributed by atoms with Gasteiger partial charge in [-0.15, -0.1) is 5.10 Å². The molecule has 7 nitrogen and oxygen atoms in total. The maximum absolute atomic E-state index is 11.8. The summed E-state index contributed by atoms with van der Waals surface area (Å²) in [5.74, 6) is 0.622. The number of aromatic nitrogens is 2. The molecular formula is C14H20N4O3. The van der Waals surface area contributed by atoms with Crippen molar-refractivity contribution < 1.29 is 14.3 Å². The lowest BCUT2D eigenvalue weighted by atomic mass is 10.1. The highest BCUT2D eigenvalue weighted by molar-refractivity contribution is 5.78. The number of cyclic esters (lactones) is 1. The maximum Gasteiger partial charge on any atom is 0.323 e. The van der Waals surface area contributed by atoms with Crippen molar-refractivity contribution in [1.82, 2.24) is 15.1 Å². The molecule has 0 bridgehead atoms. The van der Waals surface area contributed by atoms with Gasteiger partial charge in [-0.1, -0.05) is 0 Å². The lowest BCUT2D eigenvalue weighted by Crippen LogP contribution is -2.51. The van der Waals surface area contributed by atoms with Gasteiger partial charge < -0.3 is 14.8 Å². The highest BCUT2D eigenvalue weighted by Gasteiger charge is 2.38. The van der Waals surface area contributed by atoms with E-state index in [0.717, 1.165) is 25.3 Å². The molecule has 2 saturated heterocycles. The Morgan fingerprint density at radius 1 is 1.52 bits per heavy atom. The molecule has 0 aromatic carbocycles. The van der Waals surface area contributed by atoms with E-state index in [1.165, 1.54) is 0 Å². The van der Waals surface area contributed by atoms with E-state index in [4.69, 9.17) is 9.47 Å². The topological polar surface area (TPSA) is 76.6 Å². The van der Waals surface area contributed by atoms with Crippen molar-refractivity contribution in [2.24, 2.45) is 0 Å². The van der Waals surface area contributed by atoms with Gasteiger partial charge in [0, 0.05) is 32.3 Å². The second-order valence-electron chi connectivity index (χ2n) is 5.48. The highest BCUT2D eigenvalue weighted by atomic mass is 16.6. The molecule has 7 heteroatoms. The van der Waals surface area contributed by atoms with Gasteiger partial charge >= 0.3 is 5.97 Å². The normalized spacial score (nSPS) is 30.1. The number of hydrogen-bond acceptors (Lipinski definition) is 7. The van der Waals surface area contributed by atoms with Crippen LogP contribution in [0.1, 0.15) is 13.3 Å². The van der Waals surface area contributed by atoms with Crippen LogP contribution in [0.25, 0.3) is 0 Å². The van der Waals surface area contributed by atoms with E-state index in [1.54, 1.807) is 6.20 Å². The largest absolute Gasteiger partial charge is 0.461 e. The number of anilines is 1. The first-order valence-corrected chi connectivity index (χ1v) is 7.30. The van der Waals surface area contributed by atoms with Crippen molar-refractivity contribution in [2.75, 3.05) is 31.6 Å². The van der Waals surface area contributed by atoms with Gasteiger partial charge in [-0.2, -0.15) is 5.10 Å². The summed E-state index contributed by atoms with van der Waals surface area (Å²) in [5, 5.41) is 11.0. The van der Waals surface area contributed by atoms with E-state index < -0.39 is 0 Å². The van der Waals surface area contributed by atoms with Crippen molar-refractivity contribution in [3.63, 3.8) is 0 Å². The number of hydrogen-bond donors (Lipinski definition) is 1. The summed E-state index contributed by atoms with van der Waals surface area (Å²) in [6.07, 6.45) is 2.45. The van der Waals surface area contributed by atoms with Crippen LogP contribution in [-0.2, 0) is 14.3 Å². The predicted octanol–water partition coefficient (Wildman–Crippen LogP) is 0.293. The smallest absolute Gasteiger partial charge is 0.323 e. The minimum absolute atomic E-state index is 0.0153. The fourth-order valence-electron chi connectivity index (χ4n) is 2.80. The average Bonchev–Trinajstić information content (AvgIpc) is 2.85. The van der Waals surface area contributed by atoms with Crippen LogP contribution in [0.5, 0.6) is 0 Å². The Balaban J connectivity index is 1.52. The van der Waals surface area contributed by atoms with E-state index in [1.807, 2.05) is 19.1 Å². The van der Waals surface area contributed by atoms with Crippen LogP contribution in [0.4, 0.5) is 5.82 Å². The fourth-order valence-corrected chi connectivity index (χ4v) is 2.80. The molecule has 0 saturated carbocycles. The van der Waals surface area contributed by atoms with Gasteiger partial charge in [-0.25, -0.2) is 0 Å². The number of ether oxygens (including phenoxy) is 2. The second kappa shape index (κ2) is 6.36. The van der Waals surface area contributed by atoms with Crippen LogP contribution in [0.15, 0.2) is 18.3 Å². The summed E-state index contributed by atoms with van der Waals surface area (Å²) in [4.78, 5) is 14.0. The van der Waals surface area contributed by atoms with E-state index in [-0.39, 0.29) is 24.2 Å². The first-order valence-electron chi connectivity index (χ1n) is 7.30. The molecule has 2 aliphatic rings. The summed E-state index contributed by atoms with van der Waals surface area (Å²) < 4.78 is 11.0. The fraction of sp³-hybridized carbons (Fsp3) is 0.643. The van der Waals surface area contributed by atoms with Crippen LogP contribution in [0.3, 0.4) is 0 Å². The SMILES string of the molecule is C[C@@H]1C[C@H](N2CCO[C@H](CNc3cccnn3)C2)C(=O)O1.